The van der Waals surface area contributed by atoms with E-state index in [1.165, 1.54) is 0 Å². The quantitative estimate of drug-likeness (QED) is 0.332. The summed E-state index contributed by atoms with van der Waals surface area (Å²) in [5, 5.41) is 0. The van der Waals surface area contributed by atoms with Gasteiger partial charge in [0.2, 0.25) is 0 Å². The monoisotopic (exact) mass is 306 g/mol. The number of ether oxygens (including phenoxy) is 1. The number of hydrogen-bond donors (Lipinski definition) is 0. The Balaban J connectivity index is -0.000000321. The van der Waals surface area contributed by atoms with Crippen molar-refractivity contribution < 1.29 is 29.0 Å². The van der Waals surface area contributed by atoms with Crippen LogP contribution in [0.3, 0.4) is 0 Å². The van der Waals surface area contributed by atoms with Gasteiger partial charge < -0.3 is 18.6 Å². The van der Waals surface area contributed by atoms with E-state index in [4.69, 9.17) is 4.74 Å². The van der Waals surface area contributed by atoms with Gasteiger partial charge >= 0.3 is 25.4 Å². The van der Waals surface area contributed by atoms with Crippen molar-refractivity contribution in [2.24, 2.45) is 10.8 Å². The second kappa shape index (κ2) is 11.0. The van der Waals surface area contributed by atoms with E-state index >= 15 is 0 Å². The van der Waals surface area contributed by atoms with Crippen molar-refractivity contribution in [3.8, 4) is 0 Å². The number of carbonyl (C=O) groups excluding carboxylic acids is 1. The first-order chi connectivity index (χ1) is 7.48. The van der Waals surface area contributed by atoms with E-state index < -0.39 is 0 Å². The fourth-order valence-corrected chi connectivity index (χ4v) is 0.660. The van der Waals surface area contributed by atoms with Crippen LogP contribution in [0.5, 0.6) is 0 Å². The molecular weight excluding hydrogens is 278 g/mol. The molecule has 0 aromatic heterocycles. The Labute approximate surface area is 127 Å². The van der Waals surface area contributed by atoms with Crippen LogP contribution in [0.1, 0.15) is 60.8 Å². The van der Waals surface area contributed by atoms with Gasteiger partial charge in [-0.05, 0) is 27.2 Å². The Kier molecular flexibility index (Phi) is 14.1. The first-order valence-corrected chi connectivity index (χ1v) is 6.30. The molecule has 0 aliphatic heterocycles. The van der Waals surface area contributed by atoms with E-state index in [0.29, 0.717) is 6.61 Å². The maximum absolute atomic E-state index is 11.2. The topological polar surface area (TPSA) is 26.3 Å². The molecule has 0 saturated heterocycles. The third-order valence-electron chi connectivity index (χ3n) is 1.49. The average molecular weight is 308 g/mol. The second-order valence-electron chi connectivity index (χ2n) is 6.51. The van der Waals surface area contributed by atoms with Gasteiger partial charge in [0.1, 0.15) is 0 Å². The van der Waals surface area contributed by atoms with Crippen molar-refractivity contribution in [3.63, 3.8) is 0 Å². The summed E-state index contributed by atoms with van der Waals surface area (Å²) in [6, 6.07) is 0. The maximum atomic E-state index is 11.2. The van der Waals surface area contributed by atoms with Crippen LogP contribution in [0.4, 0.5) is 0 Å². The summed E-state index contributed by atoms with van der Waals surface area (Å²) in [7, 11) is 0. The van der Waals surface area contributed by atoms with Crippen LogP contribution in [0.25, 0.3) is 0 Å². The molecule has 0 aromatic rings. The van der Waals surface area contributed by atoms with Crippen LogP contribution in [0.2, 0.25) is 0 Å². The Bertz CT molecular complexity index is 194. The Morgan fingerprint density at radius 1 is 1.06 bits per heavy atom. The van der Waals surface area contributed by atoms with E-state index in [9.17, 15) is 4.79 Å². The van der Waals surface area contributed by atoms with Crippen LogP contribution in [0.15, 0.2) is 0 Å². The molecule has 104 valence electrons. The van der Waals surface area contributed by atoms with Gasteiger partial charge in [-0.3, -0.25) is 4.79 Å². The minimum atomic E-state index is -0.371. The number of carbonyl (C=O) groups is 1. The summed E-state index contributed by atoms with van der Waals surface area (Å²) in [4.78, 5) is 11.2. The average Bonchev–Trinajstić information content (AvgIpc) is 2.07. The summed E-state index contributed by atoms with van der Waals surface area (Å²) in [6.07, 6.45) is 2.86. The summed E-state index contributed by atoms with van der Waals surface area (Å²) >= 11 is 0. The normalized spacial score (nSPS) is 10.9. The second-order valence-corrected chi connectivity index (χ2v) is 6.51. The molecule has 0 aliphatic carbocycles. The fourth-order valence-electron chi connectivity index (χ4n) is 0.660. The molecule has 0 amide bonds. The number of hydrogen-bond acceptors (Lipinski definition) is 2. The van der Waals surface area contributed by atoms with Gasteiger partial charge in [0, 0.05) is 0 Å². The molecule has 0 fully saturated rings. The molecule has 0 aromatic carbocycles. The fraction of sp³-hybridized carbons (Fsp3) is 0.800. The SMILES string of the molecule is [CH2-]C(C)(C)C.[CH2-]CCCCOC(=O)C(C)(C)C.[Zn+2]. The minimum absolute atomic E-state index is 0. The summed E-state index contributed by atoms with van der Waals surface area (Å²) < 4.78 is 5.04. The van der Waals surface area contributed by atoms with Crippen molar-refractivity contribution >= 4 is 5.97 Å². The van der Waals surface area contributed by atoms with Crippen molar-refractivity contribution in [3.05, 3.63) is 13.8 Å². The zero-order chi connectivity index (χ0) is 14.1. The van der Waals surface area contributed by atoms with Crippen LogP contribution in [-0.4, -0.2) is 12.6 Å². The van der Waals surface area contributed by atoms with E-state index in [1.807, 2.05) is 20.8 Å². The standard InChI is InChI=1S/C10H19O2.C5H11.Zn/c1-5-6-7-8-12-9(11)10(2,3)4;1-5(2,3)4;/h1,5-8H2,2-4H3;1H2,2-4H3;/q2*-1;+2. The Hall–Kier alpha value is 0.0934. The molecule has 0 bridgehead atoms. The Morgan fingerprint density at radius 3 is 1.72 bits per heavy atom. The van der Waals surface area contributed by atoms with Crippen LogP contribution >= 0.6 is 0 Å². The maximum Gasteiger partial charge on any atom is 2.00 e. The van der Waals surface area contributed by atoms with E-state index in [2.05, 4.69) is 34.6 Å². The molecule has 18 heavy (non-hydrogen) atoms. The molecule has 3 heteroatoms. The molecule has 0 radical (unpaired) electrons. The third-order valence-corrected chi connectivity index (χ3v) is 1.49. The molecule has 0 atom stereocenters. The summed E-state index contributed by atoms with van der Waals surface area (Å²) in [6.45, 7) is 19.8. The number of unbranched alkanes of at least 4 members (excludes halogenated alkanes) is 2. The molecule has 0 unspecified atom stereocenters. The van der Waals surface area contributed by atoms with Crippen LogP contribution < -0.4 is 0 Å². The smallest absolute Gasteiger partial charge is 0.465 e. The van der Waals surface area contributed by atoms with Crippen molar-refractivity contribution in [1.29, 1.82) is 0 Å². The van der Waals surface area contributed by atoms with E-state index in [1.54, 1.807) is 0 Å². The van der Waals surface area contributed by atoms with Gasteiger partial charge in [0.15, 0.2) is 0 Å². The van der Waals surface area contributed by atoms with E-state index in [-0.39, 0.29) is 36.3 Å². The van der Waals surface area contributed by atoms with E-state index in [0.717, 1.165) is 19.3 Å². The first kappa shape index (κ1) is 23.2. The predicted octanol–water partition coefficient (Wildman–Crippen LogP) is 4.44. The van der Waals surface area contributed by atoms with Gasteiger partial charge in [-0.25, -0.2) is 0 Å². The van der Waals surface area contributed by atoms with Gasteiger partial charge in [0.05, 0.1) is 12.0 Å². The molecule has 0 rings (SSSR count). The van der Waals surface area contributed by atoms with Gasteiger partial charge in [0.25, 0.3) is 0 Å². The molecule has 0 saturated carbocycles. The number of esters is 1. The number of rotatable bonds is 4. The van der Waals surface area contributed by atoms with Crippen molar-refractivity contribution in [2.75, 3.05) is 6.61 Å². The van der Waals surface area contributed by atoms with Crippen molar-refractivity contribution in [1.82, 2.24) is 0 Å². The summed E-state index contributed by atoms with van der Waals surface area (Å²) in [5.74, 6) is -0.119. The molecular formula is C15H30O2Zn. The van der Waals surface area contributed by atoms with Gasteiger partial charge in [-0.2, -0.15) is 11.8 Å². The largest absolute Gasteiger partial charge is 2.00 e. The molecule has 0 spiro atoms. The molecule has 2 nitrogen and oxygen atoms in total. The minimum Gasteiger partial charge on any atom is -0.465 e. The predicted molar refractivity (Wildman–Crippen MR) is 74.4 cm³/mol. The zero-order valence-corrected chi connectivity index (χ0v) is 16.2. The molecule has 0 N–H and O–H groups in total. The first-order valence-electron chi connectivity index (χ1n) is 6.30. The molecule has 0 heterocycles. The third kappa shape index (κ3) is 25.1. The van der Waals surface area contributed by atoms with Gasteiger partial charge in [-0.15, -0.1) is 0 Å². The van der Waals surface area contributed by atoms with Crippen LogP contribution in [0, 0.1) is 24.7 Å². The summed E-state index contributed by atoms with van der Waals surface area (Å²) in [5.41, 5.74) is -0.121. The zero-order valence-electron chi connectivity index (χ0n) is 13.3. The van der Waals surface area contributed by atoms with Crippen molar-refractivity contribution in [2.45, 2.75) is 60.8 Å². The molecule has 0 aliphatic rings. The van der Waals surface area contributed by atoms with Gasteiger partial charge in [-0.1, -0.05) is 27.2 Å². The van der Waals surface area contributed by atoms with Crippen LogP contribution in [-0.2, 0) is 29.0 Å². The Morgan fingerprint density at radius 2 is 1.44 bits per heavy atom.